The Morgan fingerprint density at radius 1 is 1.43 bits per heavy atom. The predicted octanol–water partition coefficient (Wildman–Crippen LogP) is 2.65. The van der Waals surface area contributed by atoms with E-state index in [9.17, 15) is 9.59 Å². The summed E-state index contributed by atoms with van der Waals surface area (Å²) >= 11 is 0. The second-order valence-electron chi connectivity index (χ2n) is 6.01. The Hall–Kier alpha value is -2.24. The molecule has 1 aromatic rings. The minimum atomic E-state index is -0.844. The summed E-state index contributed by atoms with van der Waals surface area (Å²) < 4.78 is 5.26. The van der Waals surface area contributed by atoms with Crippen molar-refractivity contribution in [2.45, 2.75) is 32.2 Å². The molecule has 2 unspecified atom stereocenters. The van der Waals surface area contributed by atoms with Gasteiger partial charge in [-0.1, -0.05) is 19.1 Å². The van der Waals surface area contributed by atoms with Crippen molar-refractivity contribution < 1.29 is 19.4 Å². The van der Waals surface area contributed by atoms with Gasteiger partial charge in [-0.2, -0.15) is 0 Å². The van der Waals surface area contributed by atoms with Gasteiger partial charge in [0.15, 0.2) is 0 Å². The quantitative estimate of drug-likeness (QED) is 0.790. The minimum Gasteiger partial charge on any atom is -0.497 e. The summed E-state index contributed by atoms with van der Waals surface area (Å²) in [6.45, 7) is 3.21. The molecule has 1 fully saturated rings. The Kier molecular flexibility index (Phi) is 5.84. The molecule has 1 aromatic carbocycles. The second-order valence-corrected chi connectivity index (χ2v) is 6.01. The summed E-state index contributed by atoms with van der Waals surface area (Å²) in [5.41, 5.74) is 1.06. The number of nitrogens with zero attached hydrogens (tertiary/aromatic N) is 1. The summed E-state index contributed by atoms with van der Waals surface area (Å²) in [6, 6.07) is 7.69. The third-order valence-corrected chi connectivity index (χ3v) is 4.09. The number of carbonyl (C=O) groups is 2. The van der Waals surface area contributed by atoms with E-state index in [1.54, 1.807) is 7.11 Å². The number of rotatable bonds is 6. The molecule has 1 aliphatic rings. The van der Waals surface area contributed by atoms with Crippen LogP contribution in [0.1, 0.15) is 37.8 Å². The highest BCUT2D eigenvalue weighted by molar-refractivity contribution is 5.75. The van der Waals surface area contributed by atoms with Gasteiger partial charge in [0.25, 0.3) is 0 Å². The molecule has 1 aliphatic heterocycles. The van der Waals surface area contributed by atoms with Crippen molar-refractivity contribution in [2.75, 3.05) is 20.2 Å². The Bertz CT molecular complexity index is 561. The highest BCUT2D eigenvalue weighted by Crippen LogP contribution is 2.36. The lowest BCUT2D eigenvalue weighted by molar-refractivity contribution is -0.137. The zero-order valence-electron chi connectivity index (χ0n) is 13.6. The Morgan fingerprint density at radius 3 is 2.91 bits per heavy atom. The third kappa shape index (κ3) is 4.61. The fraction of sp³-hybridized carbons (Fsp3) is 0.529. The minimum absolute atomic E-state index is 0.0274. The molecule has 23 heavy (non-hydrogen) atoms. The molecule has 2 N–H and O–H groups in total. The van der Waals surface area contributed by atoms with Crippen LogP contribution in [0.3, 0.4) is 0 Å². The number of hydrogen-bond acceptors (Lipinski definition) is 3. The summed E-state index contributed by atoms with van der Waals surface area (Å²) in [5, 5.41) is 11.5. The van der Waals surface area contributed by atoms with Crippen LogP contribution in [0.5, 0.6) is 5.75 Å². The van der Waals surface area contributed by atoms with Crippen LogP contribution in [0.25, 0.3) is 0 Å². The SMILES string of the molecule is COc1cccc(C2CC(C)CN2C(=O)NCCCC(=O)O)c1. The van der Waals surface area contributed by atoms with Gasteiger partial charge in [-0.25, -0.2) is 4.79 Å². The molecule has 126 valence electrons. The largest absolute Gasteiger partial charge is 0.497 e. The Balaban J connectivity index is 2.00. The molecule has 6 nitrogen and oxygen atoms in total. The maximum atomic E-state index is 12.4. The summed E-state index contributed by atoms with van der Waals surface area (Å²) in [7, 11) is 1.63. The zero-order chi connectivity index (χ0) is 16.8. The number of urea groups is 1. The lowest BCUT2D eigenvalue weighted by atomic mass is 10.0. The molecule has 6 heteroatoms. The number of hydrogen-bond donors (Lipinski definition) is 2. The van der Waals surface area contributed by atoms with Crippen molar-refractivity contribution in [1.29, 1.82) is 0 Å². The van der Waals surface area contributed by atoms with Gasteiger partial charge in [0.05, 0.1) is 13.2 Å². The van der Waals surface area contributed by atoms with Crippen molar-refractivity contribution in [3.05, 3.63) is 29.8 Å². The second kappa shape index (κ2) is 7.85. The van der Waals surface area contributed by atoms with Crippen LogP contribution in [0.2, 0.25) is 0 Å². The van der Waals surface area contributed by atoms with E-state index in [0.29, 0.717) is 25.4 Å². The smallest absolute Gasteiger partial charge is 0.317 e. The van der Waals surface area contributed by atoms with Crippen LogP contribution in [0.15, 0.2) is 24.3 Å². The first-order valence-corrected chi connectivity index (χ1v) is 7.91. The van der Waals surface area contributed by atoms with Gasteiger partial charge in [0.1, 0.15) is 5.75 Å². The molecule has 0 bridgehead atoms. The first kappa shape index (κ1) is 17.1. The van der Waals surface area contributed by atoms with Gasteiger partial charge in [0.2, 0.25) is 0 Å². The van der Waals surface area contributed by atoms with Crippen LogP contribution in [0, 0.1) is 5.92 Å². The molecular formula is C17H24N2O4. The Morgan fingerprint density at radius 2 is 2.22 bits per heavy atom. The molecule has 2 rings (SSSR count). The van der Waals surface area contributed by atoms with Gasteiger partial charge >= 0.3 is 12.0 Å². The number of nitrogens with one attached hydrogen (secondary N) is 1. The van der Waals surface area contributed by atoms with Gasteiger partial charge in [-0.3, -0.25) is 4.79 Å². The molecule has 0 aliphatic carbocycles. The van der Waals surface area contributed by atoms with E-state index >= 15 is 0 Å². The van der Waals surface area contributed by atoms with Crippen molar-refractivity contribution in [1.82, 2.24) is 10.2 Å². The summed E-state index contributed by atoms with van der Waals surface area (Å²) in [6.07, 6.45) is 1.42. The van der Waals surface area contributed by atoms with Crippen molar-refractivity contribution in [3.8, 4) is 5.75 Å². The lowest BCUT2D eigenvalue weighted by Crippen LogP contribution is -2.40. The molecule has 2 atom stereocenters. The van der Waals surface area contributed by atoms with Crippen molar-refractivity contribution in [3.63, 3.8) is 0 Å². The maximum absolute atomic E-state index is 12.4. The van der Waals surface area contributed by atoms with Crippen LogP contribution in [0.4, 0.5) is 4.79 Å². The van der Waals surface area contributed by atoms with Crippen molar-refractivity contribution >= 4 is 12.0 Å². The molecular weight excluding hydrogens is 296 g/mol. The number of methoxy groups -OCH3 is 1. The number of amides is 2. The number of carboxylic acid groups (broad SMARTS) is 1. The van der Waals surface area contributed by atoms with E-state index in [-0.39, 0.29) is 18.5 Å². The number of ether oxygens (including phenoxy) is 1. The standard InChI is InChI=1S/C17H24N2O4/c1-12-9-15(13-5-3-6-14(10-13)23-2)19(11-12)17(22)18-8-4-7-16(20)21/h3,5-6,10,12,15H,4,7-9,11H2,1-2H3,(H,18,22)(H,20,21). The van der Waals surface area contributed by atoms with Gasteiger partial charge in [-0.15, -0.1) is 0 Å². The van der Waals surface area contributed by atoms with E-state index in [1.807, 2.05) is 29.2 Å². The monoisotopic (exact) mass is 320 g/mol. The van der Waals surface area contributed by atoms with E-state index < -0.39 is 5.97 Å². The molecule has 0 aromatic heterocycles. The van der Waals surface area contributed by atoms with Crippen LogP contribution in [-0.2, 0) is 4.79 Å². The van der Waals surface area contributed by atoms with E-state index in [2.05, 4.69) is 12.2 Å². The molecule has 1 heterocycles. The summed E-state index contributed by atoms with van der Waals surface area (Å²) in [5.74, 6) is 0.364. The van der Waals surface area contributed by atoms with Gasteiger partial charge in [0, 0.05) is 19.5 Å². The zero-order valence-corrected chi connectivity index (χ0v) is 13.6. The third-order valence-electron chi connectivity index (χ3n) is 4.09. The van der Waals surface area contributed by atoms with Gasteiger partial charge in [-0.05, 0) is 36.5 Å². The average molecular weight is 320 g/mol. The van der Waals surface area contributed by atoms with Gasteiger partial charge < -0.3 is 20.1 Å². The van der Waals surface area contributed by atoms with Crippen LogP contribution in [-0.4, -0.2) is 42.2 Å². The van der Waals surface area contributed by atoms with Crippen molar-refractivity contribution in [2.24, 2.45) is 5.92 Å². The first-order valence-electron chi connectivity index (χ1n) is 7.91. The predicted molar refractivity (Wildman–Crippen MR) is 86.5 cm³/mol. The van der Waals surface area contributed by atoms with Crippen LogP contribution >= 0.6 is 0 Å². The fourth-order valence-electron chi connectivity index (χ4n) is 2.97. The molecule has 0 spiro atoms. The number of likely N-dealkylation sites (tertiary alicyclic amines) is 1. The van der Waals surface area contributed by atoms with E-state index in [0.717, 1.165) is 17.7 Å². The topological polar surface area (TPSA) is 78.9 Å². The Labute approximate surface area is 136 Å². The molecule has 0 radical (unpaired) electrons. The highest BCUT2D eigenvalue weighted by Gasteiger charge is 2.34. The highest BCUT2D eigenvalue weighted by atomic mass is 16.5. The van der Waals surface area contributed by atoms with E-state index in [4.69, 9.17) is 9.84 Å². The first-order chi connectivity index (χ1) is 11.0. The number of carbonyl (C=O) groups excluding carboxylic acids is 1. The molecule has 1 saturated heterocycles. The fourth-order valence-corrected chi connectivity index (χ4v) is 2.97. The van der Waals surface area contributed by atoms with E-state index in [1.165, 1.54) is 0 Å². The number of benzene rings is 1. The number of carboxylic acids is 1. The molecule has 2 amide bonds. The normalized spacial score (nSPS) is 20.3. The lowest BCUT2D eigenvalue weighted by Gasteiger charge is -2.25. The number of aliphatic carboxylic acids is 1. The molecule has 0 saturated carbocycles. The average Bonchev–Trinajstić information content (AvgIpc) is 2.93. The van der Waals surface area contributed by atoms with Crippen LogP contribution < -0.4 is 10.1 Å². The summed E-state index contributed by atoms with van der Waals surface area (Å²) in [4.78, 5) is 24.7. The maximum Gasteiger partial charge on any atom is 0.317 e.